The van der Waals surface area contributed by atoms with E-state index in [0.29, 0.717) is 0 Å². The summed E-state index contributed by atoms with van der Waals surface area (Å²) in [5.74, 6) is 0.733. The van der Waals surface area contributed by atoms with Crippen molar-refractivity contribution in [3.05, 3.63) is 132 Å². The Balaban J connectivity index is 1.37. The minimum Gasteiger partial charge on any atom is -0.276 e. The highest BCUT2D eigenvalue weighted by molar-refractivity contribution is 7.23. The van der Waals surface area contributed by atoms with E-state index in [1.807, 2.05) is 11.3 Å². The third-order valence-electron chi connectivity index (χ3n) is 10.1. The fourth-order valence-corrected chi connectivity index (χ4v) is 9.52. The van der Waals surface area contributed by atoms with Crippen LogP contribution >= 0.6 is 11.3 Å². The van der Waals surface area contributed by atoms with Crippen LogP contribution in [0.2, 0.25) is 0 Å². The maximum atomic E-state index is 5.46. The average molecular weight is 596 g/mol. The molecular formula is C41H29N3S. The van der Waals surface area contributed by atoms with Crippen LogP contribution in [0.15, 0.2) is 115 Å². The number of fused-ring (bicyclic) bond motifs is 12. The van der Waals surface area contributed by atoms with Gasteiger partial charge in [0.1, 0.15) is 0 Å². The van der Waals surface area contributed by atoms with Crippen LogP contribution in [0, 0.1) is 0 Å². The summed E-state index contributed by atoms with van der Waals surface area (Å²) in [6, 6.07) is 35.4. The molecule has 5 aromatic carbocycles. The van der Waals surface area contributed by atoms with Crippen molar-refractivity contribution in [1.29, 1.82) is 0 Å². The Kier molecular flexibility index (Phi) is 5.05. The quantitative estimate of drug-likeness (QED) is 0.186. The molecule has 0 N–H and O–H groups in total. The zero-order valence-electron chi connectivity index (χ0n) is 25.1. The van der Waals surface area contributed by atoms with Crippen molar-refractivity contribution < 1.29 is 0 Å². The monoisotopic (exact) mass is 595 g/mol. The van der Waals surface area contributed by atoms with E-state index in [2.05, 4.69) is 134 Å². The molecule has 3 aromatic heterocycles. The SMILES string of the molecule is CC1(C)c2ccccc2-c2sc3c(ccc4c5ccccc5n(-c5nc(C6=CC=CCC6)c6ccc7ccccc7c6n5)c43)c21. The molecule has 4 heteroatoms. The fourth-order valence-electron chi connectivity index (χ4n) is 7.98. The van der Waals surface area contributed by atoms with Gasteiger partial charge in [0.15, 0.2) is 0 Å². The van der Waals surface area contributed by atoms with Crippen LogP contribution in [0.25, 0.3) is 75.5 Å². The van der Waals surface area contributed by atoms with Crippen LogP contribution in [0.4, 0.5) is 0 Å². The zero-order chi connectivity index (χ0) is 29.9. The number of aromatic nitrogens is 3. The van der Waals surface area contributed by atoms with E-state index in [-0.39, 0.29) is 5.41 Å². The summed E-state index contributed by atoms with van der Waals surface area (Å²) in [6.07, 6.45) is 8.64. The third-order valence-corrected chi connectivity index (χ3v) is 11.3. The second kappa shape index (κ2) is 8.99. The van der Waals surface area contributed by atoms with Crippen molar-refractivity contribution in [2.24, 2.45) is 0 Å². The van der Waals surface area contributed by atoms with Gasteiger partial charge in [-0.1, -0.05) is 117 Å². The second-order valence-electron chi connectivity index (χ2n) is 12.9. The van der Waals surface area contributed by atoms with Gasteiger partial charge in [-0.25, -0.2) is 9.97 Å². The first-order valence-corrected chi connectivity index (χ1v) is 16.6. The highest BCUT2D eigenvalue weighted by Crippen LogP contribution is 2.56. The fraction of sp³-hybridized carbons (Fsp3) is 0.122. The molecule has 0 saturated carbocycles. The number of allylic oxidation sites excluding steroid dienone is 4. The zero-order valence-corrected chi connectivity index (χ0v) is 26.0. The molecule has 2 aliphatic rings. The molecule has 45 heavy (non-hydrogen) atoms. The first kappa shape index (κ1) is 25.3. The number of hydrogen-bond acceptors (Lipinski definition) is 3. The highest BCUT2D eigenvalue weighted by atomic mass is 32.1. The minimum atomic E-state index is -0.0682. The number of nitrogens with zero attached hydrogens (tertiary/aromatic N) is 3. The predicted octanol–water partition coefficient (Wildman–Crippen LogP) is 11.1. The molecular weight excluding hydrogens is 567 g/mol. The topological polar surface area (TPSA) is 30.7 Å². The van der Waals surface area contributed by atoms with Gasteiger partial charge < -0.3 is 0 Å². The van der Waals surface area contributed by atoms with Crippen LogP contribution in [-0.2, 0) is 5.41 Å². The number of benzene rings is 5. The highest BCUT2D eigenvalue weighted by Gasteiger charge is 2.39. The summed E-state index contributed by atoms with van der Waals surface area (Å²) in [6.45, 7) is 4.75. The van der Waals surface area contributed by atoms with Gasteiger partial charge in [0.25, 0.3) is 0 Å². The lowest BCUT2D eigenvalue weighted by Gasteiger charge is -2.21. The summed E-state index contributed by atoms with van der Waals surface area (Å²) in [7, 11) is 0. The standard InChI is InChI=1S/C41H29N3S/c1-41(2)32-18-10-8-17-29(32)38-34(41)30-23-22-28-27-16-9-11-19-33(27)44(37(28)39(30)45-38)40-42-35(25-13-4-3-5-14-25)31-21-20-24-12-6-7-15-26(24)36(31)43-40/h3-4,6-13,15-23H,5,14H2,1-2H3. The summed E-state index contributed by atoms with van der Waals surface area (Å²) in [5.41, 5.74) is 9.79. The van der Waals surface area contributed by atoms with Gasteiger partial charge in [0, 0.05) is 31.8 Å². The van der Waals surface area contributed by atoms with E-state index in [1.165, 1.54) is 58.9 Å². The maximum Gasteiger partial charge on any atom is 0.235 e. The van der Waals surface area contributed by atoms with Crippen LogP contribution in [0.5, 0.6) is 0 Å². The molecule has 2 aliphatic carbocycles. The van der Waals surface area contributed by atoms with Crippen molar-refractivity contribution in [1.82, 2.24) is 14.5 Å². The van der Waals surface area contributed by atoms with Gasteiger partial charge >= 0.3 is 0 Å². The van der Waals surface area contributed by atoms with E-state index in [9.17, 15) is 0 Å². The Morgan fingerprint density at radius 2 is 1.51 bits per heavy atom. The van der Waals surface area contributed by atoms with E-state index in [1.54, 1.807) is 0 Å². The van der Waals surface area contributed by atoms with E-state index >= 15 is 0 Å². The Bertz CT molecular complexity index is 2630. The Morgan fingerprint density at radius 1 is 0.733 bits per heavy atom. The van der Waals surface area contributed by atoms with E-state index < -0.39 is 0 Å². The molecule has 8 aromatic rings. The molecule has 0 fully saturated rings. The van der Waals surface area contributed by atoms with Crippen molar-refractivity contribution >= 4 is 70.5 Å². The normalized spacial score (nSPS) is 15.4. The molecule has 0 unspecified atom stereocenters. The maximum absolute atomic E-state index is 5.46. The average Bonchev–Trinajstić information content (AvgIpc) is 3.71. The molecule has 214 valence electrons. The van der Waals surface area contributed by atoms with Gasteiger partial charge in [0.2, 0.25) is 5.95 Å². The number of rotatable bonds is 2. The van der Waals surface area contributed by atoms with Crippen molar-refractivity contribution in [2.45, 2.75) is 32.1 Å². The molecule has 10 rings (SSSR count). The lowest BCUT2D eigenvalue weighted by atomic mass is 9.81. The van der Waals surface area contributed by atoms with Crippen LogP contribution in [0.3, 0.4) is 0 Å². The third kappa shape index (κ3) is 3.35. The van der Waals surface area contributed by atoms with Gasteiger partial charge in [0.05, 0.1) is 26.9 Å². The number of hydrogen-bond donors (Lipinski definition) is 0. The Labute approximate surface area is 264 Å². The summed E-state index contributed by atoms with van der Waals surface area (Å²) < 4.78 is 3.65. The van der Waals surface area contributed by atoms with Gasteiger partial charge in [-0.2, -0.15) is 0 Å². The molecule has 0 aliphatic heterocycles. The van der Waals surface area contributed by atoms with Crippen molar-refractivity contribution in [2.75, 3.05) is 0 Å². The lowest BCUT2D eigenvalue weighted by Crippen LogP contribution is -2.14. The van der Waals surface area contributed by atoms with Gasteiger partial charge in [-0.3, -0.25) is 4.57 Å². The molecule has 0 spiro atoms. The molecule has 3 nitrogen and oxygen atoms in total. The van der Waals surface area contributed by atoms with Crippen molar-refractivity contribution in [3.8, 4) is 16.4 Å². The molecule has 0 radical (unpaired) electrons. The number of para-hydroxylation sites is 1. The number of thiophene rings is 1. The Morgan fingerprint density at radius 3 is 2.40 bits per heavy atom. The molecule has 0 bridgehead atoms. The Hall–Kier alpha value is -5.06. The smallest absolute Gasteiger partial charge is 0.235 e. The molecule has 0 atom stereocenters. The summed E-state index contributed by atoms with van der Waals surface area (Å²) >= 11 is 1.93. The van der Waals surface area contributed by atoms with Crippen LogP contribution in [-0.4, -0.2) is 14.5 Å². The van der Waals surface area contributed by atoms with Crippen LogP contribution in [0.1, 0.15) is 43.5 Å². The molecule has 3 heterocycles. The first-order chi connectivity index (χ1) is 22.1. The van der Waals surface area contributed by atoms with Gasteiger partial charge in [-0.15, -0.1) is 11.3 Å². The van der Waals surface area contributed by atoms with Crippen molar-refractivity contribution in [3.63, 3.8) is 0 Å². The summed E-state index contributed by atoms with van der Waals surface area (Å²) in [4.78, 5) is 12.3. The molecule has 0 saturated heterocycles. The first-order valence-electron chi connectivity index (χ1n) is 15.7. The molecule has 0 amide bonds. The minimum absolute atomic E-state index is 0.0682. The van der Waals surface area contributed by atoms with E-state index in [0.717, 1.165) is 46.3 Å². The van der Waals surface area contributed by atoms with E-state index in [4.69, 9.17) is 9.97 Å². The predicted molar refractivity (Wildman–Crippen MR) is 191 cm³/mol. The van der Waals surface area contributed by atoms with Crippen LogP contribution < -0.4 is 0 Å². The van der Waals surface area contributed by atoms with Gasteiger partial charge in [-0.05, 0) is 58.0 Å². The lowest BCUT2D eigenvalue weighted by molar-refractivity contribution is 0.667. The largest absolute Gasteiger partial charge is 0.276 e. The summed E-state index contributed by atoms with van der Waals surface area (Å²) in [5, 5.41) is 7.26. The second-order valence-corrected chi connectivity index (χ2v) is 13.9.